The molecule has 0 aliphatic heterocycles. The van der Waals surface area contributed by atoms with Gasteiger partial charge in [-0.3, -0.25) is 14.4 Å². The highest BCUT2D eigenvalue weighted by Gasteiger charge is 2.23. The third-order valence-corrected chi connectivity index (χ3v) is 8.10. The van der Waals surface area contributed by atoms with Crippen molar-refractivity contribution < 1.29 is 23.9 Å². The molecule has 0 radical (unpaired) electrons. The summed E-state index contributed by atoms with van der Waals surface area (Å²) in [5.74, 6) is 0.227. The van der Waals surface area contributed by atoms with Crippen molar-refractivity contribution in [1.82, 2.24) is 10.3 Å². The predicted molar refractivity (Wildman–Crippen MR) is 184 cm³/mol. The molecule has 0 saturated carbocycles. The van der Waals surface area contributed by atoms with E-state index in [1.165, 1.54) is 26.0 Å². The quantitative estimate of drug-likeness (QED) is 0.0991. The molecule has 1 aromatic heterocycles. The van der Waals surface area contributed by atoms with Gasteiger partial charge in [-0.15, -0.1) is 11.8 Å². The smallest absolute Gasteiger partial charge is 0.272 e. The van der Waals surface area contributed by atoms with Gasteiger partial charge in [-0.25, -0.2) is 4.98 Å². The number of carbonyl (C=O) groups excluding carboxylic acids is 3. The van der Waals surface area contributed by atoms with Crippen molar-refractivity contribution in [3.05, 3.63) is 150 Å². The summed E-state index contributed by atoms with van der Waals surface area (Å²) in [7, 11) is 3.05. The zero-order valence-electron chi connectivity index (χ0n) is 25.7. The van der Waals surface area contributed by atoms with Crippen LogP contribution in [0, 0.1) is 0 Å². The number of hydrogen-bond donors (Lipinski definition) is 3. The van der Waals surface area contributed by atoms with Crippen molar-refractivity contribution in [2.24, 2.45) is 0 Å². The number of methoxy groups -OCH3 is 2. The number of benzene rings is 4. The Labute approximate surface area is 277 Å². The van der Waals surface area contributed by atoms with Crippen LogP contribution in [0.3, 0.4) is 0 Å². The summed E-state index contributed by atoms with van der Waals surface area (Å²) in [6.07, 6.45) is 3.17. The minimum atomic E-state index is -0.602. The highest BCUT2D eigenvalue weighted by molar-refractivity contribution is 8.00. The zero-order valence-corrected chi connectivity index (χ0v) is 26.5. The maximum absolute atomic E-state index is 13.7. The Balaban J connectivity index is 1.40. The lowest BCUT2D eigenvalue weighted by Gasteiger charge is -2.17. The first-order chi connectivity index (χ1) is 22.9. The topological polar surface area (TPSA) is 119 Å². The molecule has 10 heteroatoms. The molecule has 0 bridgehead atoms. The number of anilines is 2. The second-order valence-corrected chi connectivity index (χ2v) is 11.3. The van der Waals surface area contributed by atoms with E-state index >= 15 is 0 Å². The van der Waals surface area contributed by atoms with E-state index in [0.717, 1.165) is 10.5 Å². The van der Waals surface area contributed by atoms with Gasteiger partial charge >= 0.3 is 0 Å². The van der Waals surface area contributed by atoms with Gasteiger partial charge in [0.2, 0.25) is 5.91 Å². The standard InChI is InChI=1S/C37H32N4O5S/c1-45-31-20-19-25(23-32(31)46-2)22-30(40-35(42)27-14-7-4-8-15-27)36(43)39-28-16-11-17-29(24-28)47-34(26-12-5-3-6-13-26)37(44)41-33-18-9-10-21-38-33/h3-24,34H,1-2H3,(H,39,43)(H,40,42)(H,38,41,44)/b30-22+. The number of nitrogens with one attached hydrogen (secondary N) is 3. The average molecular weight is 645 g/mol. The first kappa shape index (κ1) is 32.5. The molecule has 1 unspecified atom stereocenters. The molecule has 1 heterocycles. The minimum Gasteiger partial charge on any atom is -0.493 e. The van der Waals surface area contributed by atoms with Crippen LogP contribution in [0.2, 0.25) is 0 Å². The lowest BCUT2D eigenvalue weighted by molar-refractivity contribution is -0.116. The van der Waals surface area contributed by atoms with Crippen LogP contribution in [-0.2, 0) is 9.59 Å². The molecule has 5 rings (SSSR count). The van der Waals surface area contributed by atoms with Gasteiger partial charge in [0.05, 0.1) is 14.2 Å². The summed E-state index contributed by atoms with van der Waals surface area (Å²) in [5.41, 5.74) is 2.30. The Morgan fingerprint density at radius 3 is 2.17 bits per heavy atom. The molecule has 4 aromatic carbocycles. The van der Waals surface area contributed by atoms with Crippen molar-refractivity contribution in [3.8, 4) is 11.5 Å². The number of ether oxygens (including phenoxy) is 2. The molecular formula is C37H32N4O5S. The molecule has 5 aromatic rings. The van der Waals surface area contributed by atoms with Gasteiger partial charge in [-0.05, 0) is 71.8 Å². The van der Waals surface area contributed by atoms with Gasteiger partial charge in [-0.2, -0.15) is 0 Å². The highest BCUT2D eigenvalue weighted by Crippen LogP contribution is 2.37. The minimum absolute atomic E-state index is 0.0148. The van der Waals surface area contributed by atoms with E-state index in [4.69, 9.17) is 9.47 Å². The third-order valence-electron chi connectivity index (χ3n) is 6.85. The van der Waals surface area contributed by atoms with E-state index in [1.807, 2.05) is 36.4 Å². The van der Waals surface area contributed by atoms with Crippen LogP contribution in [0.4, 0.5) is 11.5 Å². The summed E-state index contributed by atoms with van der Waals surface area (Å²) in [6, 6.07) is 35.7. The maximum atomic E-state index is 13.7. The van der Waals surface area contributed by atoms with Crippen LogP contribution >= 0.6 is 11.8 Å². The number of hydrogen-bond acceptors (Lipinski definition) is 7. The van der Waals surface area contributed by atoms with Gasteiger partial charge in [0.1, 0.15) is 16.8 Å². The van der Waals surface area contributed by atoms with Crippen LogP contribution in [-0.4, -0.2) is 36.9 Å². The Morgan fingerprint density at radius 2 is 1.47 bits per heavy atom. The fraction of sp³-hybridized carbons (Fsp3) is 0.0811. The lowest BCUT2D eigenvalue weighted by atomic mass is 10.1. The van der Waals surface area contributed by atoms with Crippen molar-refractivity contribution in [3.63, 3.8) is 0 Å². The number of carbonyl (C=O) groups is 3. The first-order valence-electron chi connectivity index (χ1n) is 14.6. The molecule has 9 nitrogen and oxygen atoms in total. The Morgan fingerprint density at radius 1 is 0.745 bits per heavy atom. The number of pyridine rings is 1. The Bertz CT molecular complexity index is 1870. The van der Waals surface area contributed by atoms with Crippen LogP contribution < -0.4 is 25.4 Å². The van der Waals surface area contributed by atoms with E-state index in [0.29, 0.717) is 34.1 Å². The molecule has 3 amide bonds. The Kier molecular flexibility index (Phi) is 11.0. The molecule has 0 aliphatic rings. The van der Waals surface area contributed by atoms with E-state index < -0.39 is 17.1 Å². The molecule has 0 saturated heterocycles. The van der Waals surface area contributed by atoms with Crippen LogP contribution in [0.5, 0.6) is 11.5 Å². The fourth-order valence-corrected chi connectivity index (χ4v) is 5.65. The summed E-state index contributed by atoms with van der Waals surface area (Å²) < 4.78 is 10.7. The SMILES string of the molecule is COc1ccc(/C=C(/NC(=O)c2ccccc2)C(=O)Nc2cccc(SC(C(=O)Nc3ccccn3)c3ccccc3)c2)cc1OC. The van der Waals surface area contributed by atoms with Crippen LogP contribution in [0.1, 0.15) is 26.7 Å². The molecule has 0 aliphatic carbocycles. The second kappa shape index (κ2) is 15.9. The summed E-state index contributed by atoms with van der Waals surface area (Å²) in [4.78, 5) is 45.2. The molecule has 3 N–H and O–H groups in total. The largest absolute Gasteiger partial charge is 0.493 e. The van der Waals surface area contributed by atoms with E-state index in [-0.39, 0.29) is 11.6 Å². The third kappa shape index (κ3) is 8.86. The lowest BCUT2D eigenvalue weighted by Crippen LogP contribution is -2.30. The second-order valence-electron chi connectivity index (χ2n) is 10.1. The van der Waals surface area contributed by atoms with E-state index in [9.17, 15) is 14.4 Å². The molecule has 1 atom stereocenters. The van der Waals surface area contributed by atoms with Crippen molar-refractivity contribution in [2.45, 2.75) is 10.1 Å². The van der Waals surface area contributed by atoms with Gasteiger partial charge in [0, 0.05) is 22.3 Å². The van der Waals surface area contributed by atoms with Crippen LogP contribution in [0.25, 0.3) is 6.08 Å². The van der Waals surface area contributed by atoms with E-state index in [2.05, 4.69) is 20.9 Å². The van der Waals surface area contributed by atoms with Gasteiger partial charge in [0.15, 0.2) is 11.5 Å². The predicted octanol–water partition coefficient (Wildman–Crippen LogP) is 6.98. The van der Waals surface area contributed by atoms with Crippen molar-refractivity contribution in [1.29, 1.82) is 0 Å². The molecule has 47 heavy (non-hydrogen) atoms. The number of nitrogens with zero attached hydrogens (tertiary/aromatic N) is 1. The highest BCUT2D eigenvalue weighted by atomic mass is 32.2. The van der Waals surface area contributed by atoms with Gasteiger partial charge < -0.3 is 25.4 Å². The summed E-state index contributed by atoms with van der Waals surface area (Å²) in [6.45, 7) is 0. The molecule has 236 valence electrons. The molecule has 0 fully saturated rings. The van der Waals surface area contributed by atoms with Crippen LogP contribution in [0.15, 0.2) is 138 Å². The molecular weight excluding hydrogens is 612 g/mol. The zero-order chi connectivity index (χ0) is 33.0. The van der Waals surface area contributed by atoms with Crippen molar-refractivity contribution in [2.75, 3.05) is 24.9 Å². The average Bonchev–Trinajstić information content (AvgIpc) is 3.11. The summed E-state index contributed by atoms with van der Waals surface area (Å²) in [5, 5.41) is 7.92. The number of amides is 3. The van der Waals surface area contributed by atoms with Gasteiger partial charge in [-0.1, -0.05) is 66.7 Å². The number of rotatable bonds is 12. The number of thioether (sulfide) groups is 1. The fourth-order valence-electron chi connectivity index (χ4n) is 4.56. The van der Waals surface area contributed by atoms with Gasteiger partial charge in [0.25, 0.3) is 11.8 Å². The normalized spacial score (nSPS) is 11.6. The van der Waals surface area contributed by atoms with Crippen molar-refractivity contribution >= 4 is 47.1 Å². The monoisotopic (exact) mass is 644 g/mol. The maximum Gasteiger partial charge on any atom is 0.272 e. The van der Waals surface area contributed by atoms with E-state index in [1.54, 1.807) is 97.2 Å². The molecule has 0 spiro atoms. The first-order valence-corrected chi connectivity index (χ1v) is 15.5. The number of aromatic nitrogens is 1. The summed E-state index contributed by atoms with van der Waals surface area (Å²) >= 11 is 1.34. The Hall–Kier alpha value is -5.87.